The normalized spacial score (nSPS) is 9.83. The van der Waals surface area contributed by atoms with Crippen LogP contribution in [-0.4, -0.2) is 34.9 Å². The highest BCUT2D eigenvalue weighted by Crippen LogP contribution is 2.12. The molecule has 0 spiro atoms. The highest BCUT2D eigenvalue weighted by atomic mass is 32.2. The smallest absolute Gasteiger partial charge is 0.315 e. The zero-order chi connectivity index (χ0) is 13.4. The summed E-state index contributed by atoms with van der Waals surface area (Å²) >= 11 is 1.53. The topological polar surface area (TPSA) is 91.3 Å². The second kappa shape index (κ2) is 7.54. The van der Waals surface area contributed by atoms with Crippen LogP contribution in [0.4, 0.5) is 4.79 Å². The molecule has 0 aliphatic rings. The lowest BCUT2D eigenvalue weighted by Crippen LogP contribution is -2.36. The number of pyridine rings is 1. The number of carboxylic acid groups (broad SMARTS) is 1. The Bertz CT molecular complexity index is 426. The predicted molar refractivity (Wildman–Crippen MR) is 68.5 cm³/mol. The minimum atomic E-state index is -0.936. The average Bonchev–Trinajstić information content (AvgIpc) is 2.36. The lowest BCUT2D eigenvalue weighted by molar-refractivity contribution is -0.136. The van der Waals surface area contributed by atoms with Crippen LogP contribution in [-0.2, 0) is 11.3 Å². The maximum absolute atomic E-state index is 11.3. The molecule has 1 heterocycles. The molecule has 2 amide bonds. The SMILES string of the molecule is CSc1cc(CNC(=O)NCCC(=O)O)ccn1. The molecule has 1 rings (SSSR count). The molecule has 18 heavy (non-hydrogen) atoms. The summed E-state index contributed by atoms with van der Waals surface area (Å²) in [5, 5.41) is 14.4. The van der Waals surface area contributed by atoms with Crippen LogP contribution in [0, 0.1) is 0 Å². The first-order chi connectivity index (χ1) is 8.61. The Morgan fingerprint density at radius 1 is 1.44 bits per heavy atom. The molecule has 1 aromatic rings. The fourth-order valence-electron chi connectivity index (χ4n) is 1.20. The molecule has 0 aliphatic carbocycles. The molecule has 3 N–H and O–H groups in total. The number of rotatable bonds is 6. The van der Waals surface area contributed by atoms with Crippen LogP contribution in [0.15, 0.2) is 23.4 Å². The highest BCUT2D eigenvalue weighted by Gasteiger charge is 2.02. The van der Waals surface area contributed by atoms with E-state index in [2.05, 4.69) is 15.6 Å². The summed E-state index contributed by atoms with van der Waals surface area (Å²) in [4.78, 5) is 25.7. The first-order valence-electron chi connectivity index (χ1n) is 5.34. The number of aromatic nitrogens is 1. The van der Waals surface area contributed by atoms with Crippen molar-refractivity contribution < 1.29 is 14.7 Å². The van der Waals surface area contributed by atoms with Gasteiger partial charge in [0.05, 0.1) is 11.4 Å². The van der Waals surface area contributed by atoms with Gasteiger partial charge >= 0.3 is 12.0 Å². The molecule has 0 atom stereocenters. The van der Waals surface area contributed by atoms with Gasteiger partial charge in [-0.15, -0.1) is 11.8 Å². The molecule has 0 bridgehead atoms. The molecule has 0 aliphatic heterocycles. The molecule has 6 nitrogen and oxygen atoms in total. The molecule has 1 aromatic heterocycles. The monoisotopic (exact) mass is 269 g/mol. The van der Waals surface area contributed by atoms with Gasteiger partial charge in [0.25, 0.3) is 0 Å². The number of aliphatic carboxylic acids is 1. The van der Waals surface area contributed by atoms with E-state index in [-0.39, 0.29) is 19.0 Å². The Kier molecular flexibility index (Phi) is 5.99. The number of nitrogens with zero attached hydrogens (tertiary/aromatic N) is 1. The van der Waals surface area contributed by atoms with Gasteiger partial charge in [0.15, 0.2) is 0 Å². The maximum Gasteiger partial charge on any atom is 0.315 e. The molecule has 0 unspecified atom stereocenters. The van der Waals surface area contributed by atoms with Crippen LogP contribution >= 0.6 is 11.8 Å². The number of carbonyl (C=O) groups is 2. The summed E-state index contributed by atoms with van der Waals surface area (Å²) in [6.07, 6.45) is 3.53. The number of hydrogen-bond acceptors (Lipinski definition) is 4. The number of urea groups is 1. The van der Waals surface area contributed by atoms with Crippen molar-refractivity contribution in [3.63, 3.8) is 0 Å². The number of thioether (sulfide) groups is 1. The van der Waals surface area contributed by atoms with Crippen molar-refractivity contribution in [2.45, 2.75) is 18.0 Å². The zero-order valence-corrected chi connectivity index (χ0v) is 10.8. The molecule has 7 heteroatoms. The van der Waals surface area contributed by atoms with E-state index in [4.69, 9.17) is 5.11 Å². The van der Waals surface area contributed by atoms with Gasteiger partial charge in [0, 0.05) is 19.3 Å². The minimum Gasteiger partial charge on any atom is -0.481 e. The maximum atomic E-state index is 11.3. The molecule has 0 radical (unpaired) electrons. The lowest BCUT2D eigenvalue weighted by Gasteiger charge is -2.07. The Hall–Kier alpha value is -1.76. The Morgan fingerprint density at radius 2 is 2.22 bits per heavy atom. The third-order valence-electron chi connectivity index (χ3n) is 2.09. The largest absolute Gasteiger partial charge is 0.481 e. The number of amides is 2. The Labute approximate surface area is 109 Å². The molecule has 0 aromatic carbocycles. The summed E-state index contributed by atoms with van der Waals surface area (Å²) in [6, 6.07) is 3.33. The van der Waals surface area contributed by atoms with Gasteiger partial charge in [-0.1, -0.05) is 0 Å². The Balaban J connectivity index is 2.31. The minimum absolute atomic E-state index is 0.0840. The summed E-state index contributed by atoms with van der Waals surface area (Å²) in [7, 11) is 0. The van der Waals surface area contributed by atoms with Gasteiger partial charge in [-0.25, -0.2) is 9.78 Å². The third-order valence-corrected chi connectivity index (χ3v) is 2.73. The van der Waals surface area contributed by atoms with Crippen LogP contribution in [0.25, 0.3) is 0 Å². The second-order valence-corrected chi connectivity index (χ2v) is 4.29. The molecular formula is C11H15N3O3S. The van der Waals surface area contributed by atoms with E-state index in [9.17, 15) is 9.59 Å². The zero-order valence-electron chi connectivity index (χ0n) is 9.97. The van der Waals surface area contributed by atoms with Crippen molar-refractivity contribution in [1.82, 2.24) is 15.6 Å². The van der Waals surface area contributed by atoms with E-state index < -0.39 is 5.97 Å². The highest BCUT2D eigenvalue weighted by molar-refractivity contribution is 7.98. The first-order valence-corrected chi connectivity index (χ1v) is 6.56. The van der Waals surface area contributed by atoms with Crippen molar-refractivity contribution >= 4 is 23.8 Å². The molecule has 0 saturated heterocycles. The van der Waals surface area contributed by atoms with Gasteiger partial charge in [0.1, 0.15) is 0 Å². The molecular weight excluding hydrogens is 254 g/mol. The quantitative estimate of drug-likeness (QED) is 0.672. The summed E-state index contributed by atoms with van der Waals surface area (Å²) < 4.78 is 0. The van der Waals surface area contributed by atoms with Gasteiger partial charge in [-0.2, -0.15) is 0 Å². The number of carboxylic acids is 1. The van der Waals surface area contributed by atoms with Gasteiger partial charge in [-0.3, -0.25) is 4.79 Å². The van der Waals surface area contributed by atoms with Crippen LogP contribution in [0.3, 0.4) is 0 Å². The van der Waals surface area contributed by atoms with Crippen molar-refractivity contribution in [1.29, 1.82) is 0 Å². The molecule has 0 fully saturated rings. The van der Waals surface area contributed by atoms with E-state index >= 15 is 0 Å². The second-order valence-electron chi connectivity index (χ2n) is 3.46. The standard InChI is InChI=1S/C11H15N3O3S/c1-18-9-6-8(2-4-12-9)7-14-11(17)13-5-3-10(15)16/h2,4,6H,3,5,7H2,1H3,(H,15,16)(H2,13,14,17). The van der Waals surface area contributed by atoms with E-state index in [0.717, 1.165) is 10.6 Å². The van der Waals surface area contributed by atoms with E-state index in [1.54, 1.807) is 6.20 Å². The third kappa shape index (κ3) is 5.53. The average molecular weight is 269 g/mol. The van der Waals surface area contributed by atoms with Gasteiger partial charge in [0.2, 0.25) is 0 Å². The number of hydrogen-bond donors (Lipinski definition) is 3. The fourth-order valence-corrected chi connectivity index (χ4v) is 1.64. The predicted octanol–water partition coefficient (Wildman–Crippen LogP) is 1.08. The van der Waals surface area contributed by atoms with Crippen molar-refractivity contribution in [2.75, 3.05) is 12.8 Å². The van der Waals surface area contributed by atoms with Gasteiger partial charge < -0.3 is 15.7 Å². The molecule has 0 saturated carbocycles. The van der Waals surface area contributed by atoms with Crippen LogP contribution in [0.5, 0.6) is 0 Å². The van der Waals surface area contributed by atoms with Gasteiger partial charge in [-0.05, 0) is 24.0 Å². The summed E-state index contributed by atoms with van der Waals surface area (Å²) in [6.45, 7) is 0.503. The van der Waals surface area contributed by atoms with Crippen molar-refractivity contribution in [3.05, 3.63) is 23.9 Å². The van der Waals surface area contributed by atoms with E-state index in [1.165, 1.54) is 11.8 Å². The number of nitrogens with one attached hydrogen (secondary N) is 2. The fraction of sp³-hybridized carbons (Fsp3) is 0.364. The summed E-state index contributed by atoms with van der Waals surface area (Å²) in [5.74, 6) is -0.936. The lowest BCUT2D eigenvalue weighted by atomic mass is 10.3. The van der Waals surface area contributed by atoms with Crippen LogP contribution < -0.4 is 10.6 Å². The van der Waals surface area contributed by atoms with E-state index in [0.29, 0.717) is 6.54 Å². The van der Waals surface area contributed by atoms with E-state index in [1.807, 2.05) is 18.4 Å². The summed E-state index contributed by atoms with van der Waals surface area (Å²) in [5.41, 5.74) is 0.947. The number of carbonyl (C=O) groups excluding carboxylic acids is 1. The molecule has 98 valence electrons. The first kappa shape index (κ1) is 14.3. The Morgan fingerprint density at radius 3 is 2.89 bits per heavy atom. The van der Waals surface area contributed by atoms with Crippen molar-refractivity contribution in [2.24, 2.45) is 0 Å². The van der Waals surface area contributed by atoms with Crippen LogP contribution in [0.1, 0.15) is 12.0 Å². The van der Waals surface area contributed by atoms with Crippen molar-refractivity contribution in [3.8, 4) is 0 Å². The van der Waals surface area contributed by atoms with Crippen LogP contribution in [0.2, 0.25) is 0 Å².